The molecule has 0 radical (unpaired) electrons. The van der Waals surface area contributed by atoms with Gasteiger partial charge in [-0.25, -0.2) is 0 Å². The first kappa shape index (κ1) is 15.0. The maximum atomic E-state index is 4.71. The normalized spacial score (nSPS) is 20.6. The van der Waals surface area contributed by atoms with Crippen LogP contribution in [0.4, 0.5) is 0 Å². The molecule has 0 N–H and O–H groups in total. The van der Waals surface area contributed by atoms with Crippen molar-refractivity contribution in [2.45, 2.75) is 44.6 Å². The summed E-state index contributed by atoms with van der Waals surface area (Å²) in [5, 5.41) is 0.718. The summed E-state index contributed by atoms with van der Waals surface area (Å²) in [7, 11) is 0. The van der Waals surface area contributed by atoms with Gasteiger partial charge in [0.2, 0.25) is 0 Å². The summed E-state index contributed by atoms with van der Waals surface area (Å²) in [5.41, 5.74) is 0. The van der Waals surface area contributed by atoms with Crippen LogP contribution in [0.5, 0.6) is 0 Å². The van der Waals surface area contributed by atoms with Crippen LogP contribution in [0.2, 0.25) is 0 Å². The Kier molecular flexibility index (Phi) is 7.89. The molecule has 0 aliphatic rings. The van der Waals surface area contributed by atoms with Crippen LogP contribution in [-0.2, 0) is 0 Å². The van der Waals surface area contributed by atoms with Gasteiger partial charge in [-0.1, -0.05) is 34.1 Å². The second-order valence-electron chi connectivity index (χ2n) is 4.46. The summed E-state index contributed by atoms with van der Waals surface area (Å²) in [6, 6.07) is 0. The van der Waals surface area contributed by atoms with Crippen molar-refractivity contribution in [3.05, 3.63) is 0 Å². The van der Waals surface area contributed by atoms with Crippen LogP contribution < -0.4 is 0 Å². The van der Waals surface area contributed by atoms with Gasteiger partial charge in [0.1, 0.15) is 0 Å². The van der Waals surface area contributed by atoms with Crippen molar-refractivity contribution < 1.29 is 0 Å². The van der Waals surface area contributed by atoms with Crippen molar-refractivity contribution in [1.82, 2.24) is 0 Å². The zero-order valence-electron chi connectivity index (χ0n) is 9.64. The Labute approximate surface area is 106 Å². The Morgan fingerprint density at radius 1 is 1.00 bits per heavy atom. The lowest BCUT2D eigenvalue weighted by molar-refractivity contribution is 0.353. The molecule has 0 bridgehead atoms. The second-order valence-corrected chi connectivity index (χ2v) is 6.01. The average molecular weight is 253 g/mol. The first-order valence-electron chi connectivity index (χ1n) is 5.42. The molecule has 0 spiro atoms. The molecule has 3 heteroatoms. The van der Waals surface area contributed by atoms with Crippen LogP contribution in [0.3, 0.4) is 0 Å². The maximum absolute atomic E-state index is 4.71. The lowest BCUT2D eigenvalue weighted by Gasteiger charge is -2.32. The Balaban J connectivity index is 4.37. The molecule has 0 aromatic carbocycles. The number of rotatable bonds is 6. The van der Waals surface area contributed by atoms with Gasteiger partial charge >= 0.3 is 0 Å². The molecule has 0 nitrogen and oxygen atoms in total. The second kappa shape index (κ2) is 7.34. The standard InChI is InChI=1S/C11H24S3/c1-5-8(4)9(6-12)11(14)10(13)7(2)3/h7-14H,5-6H2,1-4H3. The van der Waals surface area contributed by atoms with Gasteiger partial charge in [0, 0.05) is 10.5 Å². The minimum absolute atomic E-state index is 0.353. The Bertz CT molecular complexity index is 147. The average Bonchev–Trinajstić information content (AvgIpc) is 2.16. The molecule has 0 aliphatic carbocycles. The van der Waals surface area contributed by atoms with Crippen molar-refractivity contribution in [3.63, 3.8) is 0 Å². The fourth-order valence-corrected chi connectivity index (χ4v) is 3.29. The van der Waals surface area contributed by atoms with Gasteiger partial charge in [-0.2, -0.15) is 37.9 Å². The molecule has 0 aliphatic heterocycles. The summed E-state index contributed by atoms with van der Waals surface area (Å²) in [4.78, 5) is 0. The van der Waals surface area contributed by atoms with Gasteiger partial charge in [0.25, 0.3) is 0 Å². The van der Waals surface area contributed by atoms with E-state index in [1.54, 1.807) is 0 Å². The van der Waals surface area contributed by atoms with Gasteiger partial charge in [0.15, 0.2) is 0 Å². The van der Waals surface area contributed by atoms with Crippen LogP contribution in [0.15, 0.2) is 0 Å². The van der Waals surface area contributed by atoms with Gasteiger partial charge in [-0.3, -0.25) is 0 Å². The molecule has 0 saturated heterocycles. The lowest BCUT2D eigenvalue weighted by Crippen LogP contribution is -2.33. The van der Waals surface area contributed by atoms with E-state index in [2.05, 4.69) is 53.0 Å². The monoisotopic (exact) mass is 252 g/mol. The third-order valence-electron chi connectivity index (χ3n) is 3.06. The largest absolute Gasteiger partial charge is 0.179 e. The molecular formula is C11H24S3. The van der Waals surface area contributed by atoms with Crippen LogP contribution in [-0.4, -0.2) is 16.3 Å². The number of hydrogen-bond acceptors (Lipinski definition) is 3. The fourth-order valence-electron chi connectivity index (χ4n) is 1.57. The minimum atomic E-state index is 0.353. The number of hydrogen-bond donors (Lipinski definition) is 3. The molecule has 0 heterocycles. The van der Waals surface area contributed by atoms with Crippen molar-refractivity contribution >= 4 is 37.9 Å². The summed E-state index contributed by atoms with van der Waals surface area (Å²) in [6.45, 7) is 8.91. The van der Waals surface area contributed by atoms with Crippen LogP contribution in [0, 0.1) is 17.8 Å². The summed E-state index contributed by atoms with van der Waals surface area (Å²) in [6.07, 6.45) is 1.20. The van der Waals surface area contributed by atoms with E-state index < -0.39 is 0 Å². The van der Waals surface area contributed by atoms with E-state index in [1.165, 1.54) is 6.42 Å². The highest BCUT2D eigenvalue weighted by Crippen LogP contribution is 2.31. The molecule has 86 valence electrons. The summed E-state index contributed by atoms with van der Waals surface area (Å²) < 4.78 is 0. The summed E-state index contributed by atoms with van der Waals surface area (Å²) >= 11 is 13.8. The van der Waals surface area contributed by atoms with Gasteiger partial charge in [0.05, 0.1) is 0 Å². The Morgan fingerprint density at radius 3 is 1.79 bits per heavy atom. The Morgan fingerprint density at radius 2 is 1.50 bits per heavy atom. The smallest absolute Gasteiger partial charge is 0.0174 e. The SMILES string of the molecule is CCC(C)C(CS)C(S)C(S)C(C)C. The zero-order chi connectivity index (χ0) is 11.3. The third-order valence-corrected chi connectivity index (χ3v) is 5.34. The van der Waals surface area contributed by atoms with Crippen molar-refractivity contribution in [2.24, 2.45) is 17.8 Å². The third kappa shape index (κ3) is 4.28. The predicted molar refractivity (Wildman–Crippen MR) is 77.2 cm³/mol. The minimum Gasteiger partial charge on any atom is -0.179 e. The molecule has 0 aromatic heterocycles. The topological polar surface area (TPSA) is 0 Å². The molecule has 0 saturated carbocycles. The zero-order valence-corrected chi connectivity index (χ0v) is 12.3. The molecule has 14 heavy (non-hydrogen) atoms. The molecule has 4 unspecified atom stereocenters. The molecule has 0 amide bonds. The molecule has 0 fully saturated rings. The highest BCUT2D eigenvalue weighted by molar-refractivity contribution is 7.85. The highest BCUT2D eigenvalue weighted by atomic mass is 32.1. The van der Waals surface area contributed by atoms with Crippen LogP contribution in [0.25, 0.3) is 0 Å². The van der Waals surface area contributed by atoms with E-state index in [9.17, 15) is 0 Å². The summed E-state index contributed by atoms with van der Waals surface area (Å²) in [5.74, 6) is 2.74. The van der Waals surface area contributed by atoms with E-state index in [1.807, 2.05) is 0 Å². The molecule has 0 rings (SSSR count). The van der Waals surface area contributed by atoms with Gasteiger partial charge in [-0.05, 0) is 23.5 Å². The van der Waals surface area contributed by atoms with E-state index in [0.29, 0.717) is 28.3 Å². The predicted octanol–water partition coefficient (Wildman–Crippen LogP) is 3.83. The van der Waals surface area contributed by atoms with E-state index in [0.717, 1.165) is 5.75 Å². The first-order chi connectivity index (χ1) is 6.45. The van der Waals surface area contributed by atoms with E-state index >= 15 is 0 Å². The molecule has 4 atom stereocenters. The molecule has 0 aromatic rings. The highest BCUT2D eigenvalue weighted by Gasteiger charge is 2.28. The maximum Gasteiger partial charge on any atom is 0.0174 e. The van der Waals surface area contributed by atoms with Crippen molar-refractivity contribution in [3.8, 4) is 0 Å². The number of thiol groups is 3. The Hall–Kier alpha value is 1.05. The van der Waals surface area contributed by atoms with Gasteiger partial charge in [-0.15, -0.1) is 0 Å². The lowest BCUT2D eigenvalue weighted by atomic mass is 9.86. The van der Waals surface area contributed by atoms with Crippen LogP contribution >= 0.6 is 37.9 Å². The van der Waals surface area contributed by atoms with Crippen molar-refractivity contribution in [2.75, 3.05) is 5.75 Å². The van der Waals surface area contributed by atoms with E-state index in [-0.39, 0.29) is 0 Å². The fraction of sp³-hybridized carbons (Fsp3) is 1.00. The molecular weight excluding hydrogens is 228 g/mol. The first-order valence-corrected chi connectivity index (χ1v) is 7.09. The van der Waals surface area contributed by atoms with Crippen LogP contribution in [0.1, 0.15) is 34.1 Å². The van der Waals surface area contributed by atoms with E-state index in [4.69, 9.17) is 12.6 Å². The van der Waals surface area contributed by atoms with Crippen molar-refractivity contribution in [1.29, 1.82) is 0 Å². The van der Waals surface area contributed by atoms with Gasteiger partial charge < -0.3 is 0 Å². The quantitative estimate of drug-likeness (QED) is 0.588.